The molecule has 1 aliphatic carbocycles. The largest absolute Gasteiger partial charge is 0.461 e. The van der Waals surface area contributed by atoms with E-state index in [9.17, 15) is 9.59 Å². The van der Waals surface area contributed by atoms with E-state index in [2.05, 4.69) is 10.3 Å². The number of aromatic amines is 1. The van der Waals surface area contributed by atoms with Gasteiger partial charge in [-0.15, -0.1) is 0 Å². The zero-order valence-electron chi connectivity index (χ0n) is 14.3. The van der Waals surface area contributed by atoms with E-state index < -0.39 is 0 Å². The lowest BCUT2D eigenvalue weighted by Gasteiger charge is -2.11. The molecule has 25 heavy (non-hydrogen) atoms. The molecule has 1 heterocycles. The molecule has 0 fully saturated rings. The first-order valence-corrected chi connectivity index (χ1v) is 8.64. The van der Waals surface area contributed by atoms with Gasteiger partial charge in [-0.05, 0) is 56.4 Å². The summed E-state index contributed by atoms with van der Waals surface area (Å²) in [5.74, 6) is -0.605. The third kappa shape index (κ3) is 3.99. The molecule has 0 bridgehead atoms. The molecular weight excluding hydrogens is 316 g/mol. The topological polar surface area (TPSA) is 71.2 Å². The van der Waals surface area contributed by atoms with E-state index in [0.29, 0.717) is 12.3 Å². The Morgan fingerprint density at radius 2 is 1.96 bits per heavy atom. The zero-order chi connectivity index (χ0) is 17.6. The number of para-hydroxylation sites is 1. The Morgan fingerprint density at radius 1 is 1.20 bits per heavy atom. The van der Waals surface area contributed by atoms with Crippen molar-refractivity contribution in [2.75, 3.05) is 11.9 Å². The molecule has 0 saturated carbocycles. The zero-order valence-corrected chi connectivity index (χ0v) is 14.3. The minimum absolute atomic E-state index is 0.230. The fourth-order valence-electron chi connectivity index (χ4n) is 3.12. The number of amides is 1. The Bertz CT molecular complexity index is 791. The van der Waals surface area contributed by atoms with Crippen LogP contribution in [0.3, 0.4) is 0 Å². The molecule has 0 saturated heterocycles. The first-order chi connectivity index (χ1) is 12.2. The van der Waals surface area contributed by atoms with E-state index in [1.165, 1.54) is 6.08 Å². The lowest BCUT2D eigenvalue weighted by molar-refractivity contribution is -0.111. The molecular formula is C20H22N2O3. The lowest BCUT2D eigenvalue weighted by Crippen LogP contribution is -2.09. The van der Waals surface area contributed by atoms with Gasteiger partial charge < -0.3 is 15.0 Å². The Balaban J connectivity index is 1.83. The molecule has 1 aliphatic rings. The highest BCUT2D eigenvalue weighted by Gasteiger charge is 2.23. The summed E-state index contributed by atoms with van der Waals surface area (Å²) in [7, 11) is 0. The molecule has 1 amide bonds. The SMILES string of the molecule is CCOC(=O)c1[nH]c2c(c1/C=C/C(=O)Nc1ccccc1)CCCC2. The summed E-state index contributed by atoms with van der Waals surface area (Å²) in [5.41, 5.74) is 4.16. The van der Waals surface area contributed by atoms with Gasteiger partial charge in [0.25, 0.3) is 0 Å². The van der Waals surface area contributed by atoms with Crippen LogP contribution in [0.15, 0.2) is 36.4 Å². The Morgan fingerprint density at radius 3 is 2.72 bits per heavy atom. The van der Waals surface area contributed by atoms with Crippen molar-refractivity contribution in [2.45, 2.75) is 32.6 Å². The van der Waals surface area contributed by atoms with Crippen LogP contribution in [0.25, 0.3) is 6.08 Å². The van der Waals surface area contributed by atoms with Crippen LogP contribution in [0.2, 0.25) is 0 Å². The normalized spacial score (nSPS) is 13.5. The summed E-state index contributed by atoms with van der Waals surface area (Å²) in [5, 5.41) is 2.81. The van der Waals surface area contributed by atoms with Crippen molar-refractivity contribution in [3.8, 4) is 0 Å². The molecule has 2 aromatic rings. The van der Waals surface area contributed by atoms with E-state index in [1.54, 1.807) is 13.0 Å². The van der Waals surface area contributed by atoms with Crippen LogP contribution in [0.5, 0.6) is 0 Å². The summed E-state index contributed by atoms with van der Waals surface area (Å²) in [6, 6.07) is 9.27. The van der Waals surface area contributed by atoms with Crippen LogP contribution < -0.4 is 5.32 Å². The number of benzene rings is 1. The van der Waals surface area contributed by atoms with Gasteiger partial charge in [0.15, 0.2) is 0 Å². The Hall–Kier alpha value is -2.82. The fourth-order valence-corrected chi connectivity index (χ4v) is 3.12. The van der Waals surface area contributed by atoms with Crippen molar-refractivity contribution < 1.29 is 14.3 Å². The van der Waals surface area contributed by atoms with E-state index in [-0.39, 0.29) is 11.9 Å². The van der Waals surface area contributed by atoms with Gasteiger partial charge in [-0.25, -0.2) is 4.79 Å². The molecule has 130 valence electrons. The van der Waals surface area contributed by atoms with Crippen LogP contribution in [0.4, 0.5) is 5.69 Å². The number of ether oxygens (including phenoxy) is 1. The van der Waals surface area contributed by atoms with Gasteiger partial charge in [-0.1, -0.05) is 18.2 Å². The molecule has 3 rings (SSSR count). The number of esters is 1. The number of carbonyl (C=O) groups is 2. The molecule has 0 spiro atoms. The van der Waals surface area contributed by atoms with Gasteiger partial charge in [0.2, 0.25) is 5.91 Å². The van der Waals surface area contributed by atoms with Gasteiger partial charge >= 0.3 is 5.97 Å². The van der Waals surface area contributed by atoms with E-state index in [1.807, 2.05) is 30.3 Å². The minimum Gasteiger partial charge on any atom is -0.461 e. The number of nitrogens with one attached hydrogen (secondary N) is 2. The van der Waals surface area contributed by atoms with Crippen LogP contribution in [0, 0.1) is 0 Å². The average Bonchev–Trinajstić information content (AvgIpc) is 3.00. The van der Waals surface area contributed by atoms with Crippen LogP contribution in [-0.4, -0.2) is 23.5 Å². The summed E-state index contributed by atoms with van der Waals surface area (Å²) in [6.07, 6.45) is 7.20. The number of fused-ring (bicyclic) bond motifs is 1. The number of hydrogen-bond acceptors (Lipinski definition) is 3. The summed E-state index contributed by atoms with van der Waals surface area (Å²) >= 11 is 0. The quantitative estimate of drug-likeness (QED) is 0.645. The van der Waals surface area contributed by atoms with Crippen molar-refractivity contribution in [3.63, 3.8) is 0 Å². The number of H-pyrrole nitrogens is 1. The summed E-state index contributed by atoms with van der Waals surface area (Å²) < 4.78 is 5.14. The van der Waals surface area contributed by atoms with Gasteiger partial charge in [-0.3, -0.25) is 4.79 Å². The van der Waals surface area contributed by atoms with Crippen molar-refractivity contribution in [1.29, 1.82) is 0 Å². The summed E-state index contributed by atoms with van der Waals surface area (Å²) in [6.45, 7) is 2.10. The second-order valence-corrected chi connectivity index (χ2v) is 5.99. The maximum atomic E-state index is 12.2. The molecule has 5 nitrogen and oxygen atoms in total. The maximum Gasteiger partial charge on any atom is 0.355 e. The summed E-state index contributed by atoms with van der Waals surface area (Å²) in [4.78, 5) is 27.6. The first-order valence-electron chi connectivity index (χ1n) is 8.64. The van der Waals surface area contributed by atoms with Crippen LogP contribution >= 0.6 is 0 Å². The molecule has 1 aromatic carbocycles. The van der Waals surface area contributed by atoms with E-state index >= 15 is 0 Å². The van der Waals surface area contributed by atoms with Gasteiger partial charge in [0.05, 0.1) is 6.61 Å². The van der Waals surface area contributed by atoms with Crippen molar-refractivity contribution in [3.05, 3.63) is 58.9 Å². The smallest absolute Gasteiger partial charge is 0.355 e. The molecule has 2 N–H and O–H groups in total. The average molecular weight is 338 g/mol. The van der Waals surface area contributed by atoms with Crippen LogP contribution in [0.1, 0.15) is 47.1 Å². The number of rotatable bonds is 5. The van der Waals surface area contributed by atoms with E-state index in [0.717, 1.165) is 48.2 Å². The van der Waals surface area contributed by atoms with Crippen molar-refractivity contribution in [1.82, 2.24) is 4.98 Å². The molecule has 0 aliphatic heterocycles. The Labute approximate surface area is 147 Å². The standard InChI is InChI=1S/C20H22N2O3/c1-2-25-20(24)19-16(15-10-6-7-11-17(15)22-19)12-13-18(23)21-14-8-4-3-5-9-14/h3-5,8-9,12-13,22H,2,6-7,10-11H2,1H3,(H,21,23)/b13-12+. The number of anilines is 1. The molecule has 0 atom stereocenters. The molecule has 0 unspecified atom stereocenters. The molecule has 5 heteroatoms. The van der Waals surface area contributed by atoms with Gasteiger partial charge in [-0.2, -0.15) is 0 Å². The van der Waals surface area contributed by atoms with Gasteiger partial charge in [0.1, 0.15) is 5.69 Å². The fraction of sp³-hybridized carbons (Fsp3) is 0.300. The molecule has 0 radical (unpaired) electrons. The minimum atomic E-state index is -0.375. The number of hydrogen-bond donors (Lipinski definition) is 2. The number of aryl methyl sites for hydroxylation is 1. The van der Waals surface area contributed by atoms with Crippen molar-refractivity contribution in [2.24, 2.45) is 0 Å². The lowest BCUT2D eigenvalue weighted by atomic mass is 9.94. The van der Waals surface area contributed by atoms with Crippen molar-refractivity contribution >= 4 is 23.6 Å². The highest BCUT2D eigenvalue weighted by molar-refractivity contribution is 6.03. The number of aromatic nitrogens is 1. The first kappa shape index (κ1) is 17.0. The number of carbonyl (C=O) groups excluding carboxylic acids is 2. The Kier molecular flexibility index (Phi) is 5.33. The second-order valence-electron chi connectivity index (χ2n) is 5.99. The highest BCUT2D eigenvalue weighted by Crippen LogP contribution is 2.28. The van der Waals surface area contributed by atoms with Crippen LogP contribution in [-0.2, 0) is 22.4 Å². The van der Waals surface area contributed by atoms with E-state index in [4.69, 9.17) is 4.74 Å². The maximum absolute atomic E-state index is 12.2. The molecule has 1 aromatic heterocycles. The van der Waals surface area contributed by atoms with Gasteiger partial charge in [0, 0.05) is 23.0 Å². The monoisotopic (exact) mass is 338 g/mol. The predicted molar refractivity (Wildman–Crippen MR) is 97.5 cm³/mol. The predicted octanol–water partition coefficient (Wildman–Crippen LogP) is 3.72. The third-order valence-electron chi connectivity index (χ3n) is 4.26. The second kappa shape index (κ2) is 7.83. The third-order valence-corrected chi connectivity index (χ3v) is 4.26. The highest BCUT2D eigenvalue weighted by atomic mass is 16.5.